The number of hydrogen-bond donors (Lipinski definition) is 1. The lowest BCUT2D eigenvalue weighted by Gasteiger charge is -2.00. The Kier molecular flexibility index (Phi) is 3.88. The van der Waals surface area contributed by atoms with E-state index in [0.29, 0.717) is 0 Å². The van der Waals surface area contributed by atoms with Crippen LogP contribution in [0.2, 0.25) is 0 Å². The maximum absolute atomic E-state index is 4.43. The van der Waals surface area contributed by atoms with E-state index in [9.17, 15) is 0 Å². The van der Waals surface area contributed by atoms with Crippen molar-refractivity contribution in [3.05, 3.63) is 41.7 Å². The van der Waals surface area contributed by atoms with Gasteiger partial charge in [-0.1, -0.05) is 24.6 Å². The fourth-order valence-corrected chi connectivity index (χ4v) is 1.57. The molecule has 4 nitrogen and oxygen atoms in total. The van der Waals surface area contributed by atoms with Crippen LogP contribution in [0.15, 0.2) is 30.5 Å². The minimum absolute atomic E-state index is 0.777. The monoisotopic (exact) mass is 230 g/mol. The van der Waals surface area contributed by atoms with Gasteiger partial charge in [0.2, 0.25) is 0 Å². The summed E-state index contributed by atoms with van der Waals surface area (Å²) < 4.78 is 0. The molecule has 0 radical (unpaired) electrons. The lowest BCUT2D eigenvalue weighted by Crippen LogP contribution is -2.14. The average molecular weight is 230 g/mol. The highest BCUT2D eigenvalue weighted by Gasteiger charge is 2.01. The van der Waals surface area contributed by atoms with Crippen molar-refractivity contribution in [2.24, 2.45) is 0 Å². The summed E-state index contributed by atoms with van der Waals surface area (Å²) in [5, 5.41) is 12.0. The van der Waals surface area contributed by atoms with Crippen LogP contribution in [0.3, 0.4) is 0 Å². The fraction of sp³-hybridized carbons (Fsp3) is 0.385. The summed E-state index contributed by atoms with van der Waals surface area (Å²) in [4.78, 5) is 1.67. The molecule has 0 saturated heterocycles. The first kappa shape index (κ1) is 11.8. The van der Waals surface area contributed by atoms with Gasteiger partial charge in [-0.3, -0.25) is 0 Å². The van der Waals surface area contributed by atoms with E-state index in [0.717, 1.165) is 30.9 Å². The first-order valence-corrected chi connectivity index (χ1v) is 5.98. The summed E-state index contributed by atoms with van der Waals surface area (Å²) >= 11 is 0. The molecule has 0 aliphatic rings. The van der Waals surface area contributed by atoms with Crippen LogP contribution in [-0.2, 0) is 6.54 Å². The number of hydrogen-bond acceptors (Lipinski definition) is 3. The first-order valence-electron chi connectivity index (χ1n) is 5.98. The average Bonchev–Trinajstić information content (AvgIpc) is 2.79. The Labute approximate surface area is 102 Å². The molecule has 1 aromatic carbocycles. The van der Waals surface area contributed by atoms with Crippen molar-refractivity contribution < 1.29 is 0 Å². The molecule has 0 bridgehead atoms. The normalized spacial score (nSPS) is 10.7. The fourth-order valence-electron chi connectivity index (χ4n) is 1.57. The molecule has 0 spiro atoms. The van der Waals surface area contributed by atoms with Gasteiger partial charge < -0.3 is 5.32 Å². The molecular formula is C13H18N4. The smallest absolute Gasteiger partial charge is 0.0969 e. The highest BCUT2D eigenvalue weighted by molar-refractivity contribution is 5.32. The summed E-state index contributed by atoms with van der Waals surface area (Å²) in [5.74, 6) is 0. The Bertz CT molecular complexity index is 459. The summed E-state index contributed by atoms with van der Waals surface area (Å²) in [7, 11) is 0. The van der Waals surface area contributed by atoms with E-state index in [1.807, 2.05) is 18.3 Å². The zero-order valence-corrected chi connectivity index (χ0v) is 10.3. The lowest BCUT2D eigenvalue weighted by molar-refractivity contribution is 0.651. The maximum Gasteiger partial charge on any atom is 0.0969 e. The van der Waals surface area contributed by atoms with Crippen LogP contribution in [0, 0.1) is 6.92 Å². The van der Waals surface area contributed by atoms with Crippen molar-refractivity contribution in [2.75, 3.05) is 6.54 Å². The molecule has 0 fully saturated rings. The Morgan fingerprint density at radius 2 is 2.00 bits per heavy atom. The number of aromatic nitrogens is 3. The molecule has 0 atom stereocenters. The molecule has 0 unspecified atom stereocenters. The standard InChI is InChI=1S/C13H18N4/c1-3-8-14-9-12-10-15-17(16-12)13-6-4-11(2)5-7-13/h4-7,10,14H,3,8-9H2,1-2H3. The molecule has 0 saturated carbocycles. The van der Waals surface area contributed by atoms with E-state index >= 15 is 0 Å². The second-order valence-electron chi connectivity index (χ2n) is 4.14. The van der Waals surface area contributed by atoms with Crippen LogP contribution < -0.4 is 5.32 Å². The molecule has 2 rings (SSSR count). The zero-order chi connectivity index (χ0) is 12.1. The Morgan fingerprint density at radius 3 is 2.71 bits per heavy atom. The summed E-state index contributed by atoms with van der Waals surface area (Å²) in [6.45, 7) is 6.01. The van der Waals surface area contributed by atoms with Crippen molar-refractivity contribution >= 4 is 0 Å². The van der Waals surface area contributed by atoms with Gasteiger partial charge in [-0.05, 0) is 32.0 Å². The minimum Gasteiger partial charge on any atom is -0.311 e. The van der Waals surface area contributed by atoms with E-state index < -0.39 is 0 Å². The Balaban J connectivity index is 2.04. The molecule has 1 aromatic heterocycles. The molecule has 0 amide bonds. The van der Waals surface area contributed by atoms with Gasteiger partial charge in [0.05, 0.1) is 17.6 Å². The molecule has 0 aliphatic carbocycles. The SMILES string of the molecule is CCCNCc1cnn(-c2ccc(C)cc2)n1. The predicted molar refractivity (Wildman–Crippen MR) is 68.1 cm³/mol. The molecule has 0 aliphatic heterocycles. The quantitative estimate of drug-likeness (QED) is 0.800. The van der Waals surface area contributed by atoms with Crippen LogP contribution in [0.4, 0.5) is 0 Å². The van der Waals surface area contributed by atoms with Gasteiger partial charge in [0, 0.05) is 6.54 Å². The molecule has 2 aromatic rings. The second-order valence-corrected chi connectivity index (χ2v) is 4.14. The minimum atomic E-state index is 0.777. The third kappa shape index (κ3) is 3.14. The van der Waals surface area contributed by atoms with Crippen molar-refractivity contribution in [3.8, 4) is 5.69 Å². The number of nitrogens with zero attached hydrogens (tertiary/aromatic N) is 3. The molecule has 1 heterocycles. The topological polar surface area (TPSA) is 42.7 Å². The van der Waals surface area contributed by atoms with Gasteiger partial charge in [-0.2, -0.15) is 15.0 Å². The van der Waals surface area contributed by atoms with Gasteiger partial charge in [0.1, 0.15) is 0 Å². The molecule has 90 valence electrons. The van der Waals surface area contributed by atoms with E-state index in [4.69, 9.17) is 0 Å². The molecule has 17 heavy (non-hydrogen) atoms. The lowest BCUT2D eigenvalue weighted by atomic mass is 10.2. The van der Waals surface area contributed by atoms with Crippen molar-refractivity contribution in [2.45, 2.75) is 26.8 Å². The molecule has 1 N–H and O–H groups in total. The van der Waals surface area contributed by atoms with E-state index in [1.165, 1.54) is 5.56 Å². The summed E-state index contributed by atoms with van der Waals surface area (Å²) in [6.07, 6.45) is 2.94. The van der Waals surface area contributed by atoms with Crippen molar-refractivity contribution in [1.29, 1.82) is 0 Å². The summed E-state index contributed by atoms with van der Waals surface area (Å²) in [5.41, 5.74) is 3.21. The van der Waals surface area contributed by atoms with Crippen LogP contribution in [0.1, 0.15) is 24.6 Å². The highest BCUT2D eigenvalue weighted by Crippen LogP contribution is 2.07. The van der Waals surface area contributed by atoms with Gasteiger partial charge >= 0.3 is 0 Å². The maximum atomic E-state index is 4.43. The second kappa shape index (κ2) is 5.59. The first-order chi connectivity index (χ1) is 8.29. The largest absolute Gasteiger partial charge is 0.311 e. The van der Waals surface area contributed by atoms with Gasteiger partial charge in [-0.15, -0.1) is 0 Å². The van der Waals surface area contributed by atoms with E-state index in [-0.39, 0.29) is 0 Å². The van der Waals surface area contributed by atoms with Gasteiger partial charge in [0.15, 0.2) is 0 Å². The van der Waals surface area contributed by atoms with E-state index in [1.54, 1.807) is 4.80 Å². The van der Waals surface area contributed by atoms with Crippen LogP contribution in [0.25, 0.3) is 5.69 Å². The van der Waals surface area contributed by atoms with Crippen molar-refractivity contribution in [3.63, 3.8) is 0 Å². The number of nitrogens with one attached hydrogen (secondary N) is 1. The van der Waals surface area contributed by atoms with Crippen LogP contribution in [-0.4, -0.2) is 21.5 Å². The van der Waals surface area contributed by atoms with Crippen LogP contribution >= 0.6 is 0 Å². The number of rotatable bonds is 5. The summed E-state index contributed by atoms with van der Waals surface area (Å²) in [6, 6.07) is 8.18. The van der Waals surface area contributed by atoms with E-state index in [2.05, 4.69) is 41.5 Å². The number of benzene rings is 1. The Hall–Kier alpha value is -1.68. The van der Waals surface area contributed by atoms with Crippen molar-refractivity contribution in [1.82, 2.24) is 20.3 Å². The van der Waals surface area contributed by atoms with Gasteiger partial charge in [0.25, 0.3) is 0 Å². The molecule has 4 heteroatoms. The predicted octanol–water partition coefficient (Wildman–Crippen LogP) is 2.08. The number of aryl methyl sites for hydroxylation is 1. The third-order valence-corrected chi connectivity index (χ3v) is 2.54. The third-order valence-electron chi connectivity index (χ3n) is 2.54. The zero-order valence-electron chi connectivity index (χ0n) is 10.3. The highest BCUT2D eigenvalue weighted by atomic mass is 15.5. The Morgan fingerprint density at radius 1 is 1.24 bits per heavy atom. The molecular weight excluding hydrogens is 212 g/mol. The van der Waals surface area contributed by atoms with Gasteiger partial charge in [-0.25, -0.2) is 0 Å². The van der Waals surface area contributed by atoms with Crippen LogP contribution in [0.5, 0.6) is 0 Å².